The standard InChI is InChI=1S/C29H35ClN4O4/c1-3-38-28(37)33-14-12-29(13-15-33)24-6-4-5-7-25(24)34(27(29)36)18-20-8-10-22(11-9-20)32-26(35)23-16-21(30)17-31-19(23)2/h4-7,16-17,20,22H,3,8-15,18H2,1-2H3,(H,32,35)/t20-,22-. The van der Waals surface area contributed by atoms with Gasteiger partial charge in [-0.1, -0.05) is 29.8 Å². The fraction of sp³-hybridized carbons (Fsp3) is 0.517. The van der Waals surface area contributed by atoms with Crippen LogP contribution in [0, 0.1) is 12.8 Å². The van der Waals surface area contributed by atoms with Gasteiger partial charge in [0.15, 0.2) is 0 Å². The first-order valence-electron chi connectivity index (χ1n) is 13.6. The van der Waals surface area contributed by atoms with Gasteiger partial charge in [-0.15, -0.1) is 0 Å². The number of amides is 3. The van der Waals surface area contributed by atoms with Crippen LogP contribution in [0.5, 0.6) is 0 Å². The van der Waals surface area contributed by atoms with Crippen LogP contribution >= 0.6 is 11.6 Å². The summed E-state index contributed by atoms with van der Waals surface area (Å²) in [7, 11) is 0. The number of aromatic nitrogens is 1. The smallest absolute Gasteiger partial charge is 0.409 e. The van der Waals surface area contributed by atoms with Crippen molar-refractivity contribution in [2.45, 2.75) is 63.8 Å². The number of carbonyl (C=O) groups excluding carboxylic acids is 3. The number of carbonyl (C=O) groups is 3. The number of nitrogens with zero attached hydrogens (tertiary/aromatic N) is 3. The molecule has 0 radical (unpaired) electrons. The molecule has 0 atom stereocenters. The molecule has 1 aromatic carbocycles. The third kappa shape index (κ3) is 4.98. The Morgan fingerprint density at radius 3 is 2.58 bits per heavy atom. The Balaban J connectivity index is 1.21. The molecule has 3 heterocycles. The van der Waals surface area contributed by atoms with Crippen molar-refractivity contribution in [3.05, 3.63) is 58.4 Å². The molecular formula is C29H35ClN4O4. The molecule has 3 aliphatic rings. The van der Waals surface area contributed by atoms with Crippen molar-refractivity contribution in [2.75, 3.05) is 31.1 Å². The molecular weight excluding hydrogens is 504 g/mol. The average Bonchev–Trinajstić information content (AvgIpc) is 3.14. The lowest BCUT2D eigenvalue weighted by Crippen LogP contribution is -2.51. The Morgan fingerprint density at radius 1 is 1.16 bits per heavy atom. The summed E-state index contributed by atoms with van der Waals surface area (Å²) >= 11 is 6.04. The molecule has 0 unspecified atom stereocenters. The summed E-state index contributed by atoms with van der Waals surface area (Å²) in [6.07, 6.45) is 6.07. The van der Waals surface area contributed by atoms with Gasteiger partial charge in [0, 0.05) is 37.6 Å². The summed E-state index contributed by atoms with van der Waals surface area (Å²) in [5.74, 6) is 0.381. The first kappa shape index (κ1) is 26.5. The fourth-order valence-electron chi connectivity index (χ4n) is 6.30. The number of hydrogen-bond acceptors (Lipinski definition) is 5. The number of ether oxygens (including phenoxy) is 1. The molecule has 1 saturated carbocycles. The van der Waals surface area contributed by atoms with Crippen LogP contribution in [0.4, 0.5) is 10.5 Å². The quantitative estimate of drug-likeness (QED) is 0.586. The Kier molecular flexibility index (Phi) is 7.61. The number of piperidine rings is 1. The van der Waals surface area contributed by atoms with Gasteiger partial charge in [-0.25, -0.2) is 4.79 Å². The molecule has 2 aliphatic heterocycles. The van der Waals surface area contributed by atoms with Crippen molar-refractivity contribution >= 4 is 35.2 Å². The van der Waals surface area contributed by atoms with E-state index in [1.165, 1.54) is 0 Å². The van der Waals surface area contributed by atoms with Gasteiger partial charge < -0.3 is 19.9 Å². The second-order valence-corrected chi connectivity index (χ2v) is 11.1. The van der Waals surface area contributed by atoms with Crippen molar-refractivity contribution in [1.82, 2.24) is 15.2 Å². The van der Waals surface area contributed by atoms with Crippen LogP contribution in [0.3, 0.4) is 0 Å². The lowest BCUT2D eigenvalue weighted by atomic mass is 9.73. The van der Waals surface area contributed by atoms with E-state index in [9.17, 15) is 14.4 Å². The number of rotatable bonds is 5. The molecule has 1 saturated heterocycles. The van der Waals surface area contributed by atoms with Gasteiger partial charge in [-0.05, 0) is 76.0 Å². The number of halogens is 1. The molecule has 8 nitrogen and oxygen atoms in total. The van der Waals surface area contributed by atoms with Crippen LogP contribution in [-0.2, 0) is 14.9 Å². The molecule has 202 valence electrons. The molecule has 1 aliphatic carbocycles. The molecule has 3 amide bonds. The Labute approximate surface area is 228 Å². The maximum atomic E-state index is 14.0. The van der Waals surface area contributed by atoms with Crippen molar-refractivity contribution < 1.29 is 19.1 Å². The number of aryl methyl sites for hydroxylation is 1. The maximum Gasteiger partial charge on any atom is 0.409 e. The van der Waals surface area contributed by atoms with Crippen LogP contribution < -0.4 is 10.2 Å². The van der Waals surface area contributed by atoms with Crippen LogP contribution in [0.1, 0.15) is 67.1 Å². The van der Waals surface area contributed by atoms with E-state index >= 15 is 0 Å². The molecule has 9 heteroatoms. The molecule has 1 spiro atoms. The lowest BCUT2D eigenvalue weighted by molar-refractivity contribution is -0.125. The number of hydrogen-bond donors (Lipinski definition) is 1. The minimum atomic E-state index is -0.576. The number of pyridine rings is 1. The summed E-state index contributed by atoms with van der Waals surface area (Å²) < 4.78 is 5.18. The van der Waals surface area contributed by atoms with E-state index in [2.05, 4.69) is 16.4 Å². The minimum Gasteiger partial charge on any atom is -0.450 e. The van der Waals surface area contributed by atoms with Crippen LogP contribution in [0.2, 0.25) is 5.02 Å². The topological polar surface area (TPSA) is 91.8 Å². The average molecular weight is 539 g/mol. The zero-order valence-electron chi connectivity index (χ0n) is 22.0. The van der Waals surface area contributed by atoms with Crippen molar-refractivity contribution in [3.63, 3.8) is 0 Å². The maximum absolute atomic E-state index is 14.0. The SMILES string of the molecule is CCOC(=O)N1CCC2(CC1)C(=O)N(C[C@H]1CC[C@H](NC(=O)c3cc(Cl)cnc3C)CC1)c1ccccc12. The molecule has 5 rings (SSSR count). The number of para-hydroxylation sites is 1. The van der Waals surface area contributed by atoms with E-state index < -0.39 is 5.41 Å². The van der Waals surface area contributed by atoms with Crippen LogP contribution in [-0.4, -0.2) is 60.1 Å². The fourth-order valence-corrected chi connectivity index (χ4v) is 6.45. The summed E-state index contributed by atoms with van der Waals surface area (Å²) in [6.45, 7) is 5.66. The van der Waals surface area contributed by atoms with Crippen LogP contribution in [0.15, 0.2) is 36.5 Å². The molecule has 0 bridgehead atoms. The first-order valence-corrected chi connectivity index (χ1v) is 14.0. The van der Waals surface area contributed by atoms with Crippen molar-refractivity contribution in [3.8, 4) is 0 Å². The van der Waals surface area contributed by atoms with Gasteiger partial charge in [0.1, 0.15) is 0 Å². The van der Waals surface area contributed by atoms with E-state index in [1.54, 1.807) is 31.0 Å². The molecule has 2 aromatic rings. The zero-order valence-corrected chi connectivity index (χ0v) is 22.8. The number of benzene rings is 1. The number of anilines is 1. The first-order chi connectivity index (χ1) is 18.3. The number of fused-ring (bicyclic) bond motifs is 2. The van der Waals surface area contributed by atoms with E-state index in [-0.39, 0.29) is 23.9 Å². The van der Waals surface area contributed by atoms with Gasteiger partial charge in [0.25, 0.3) is 5.91 Å². The van der Waals surface area contributed by atoms with E-state index in [1.807, 2.05) is 23.1 Å². The second-order valence-electron chi connectivity index (χ2n) is 10.7. The lowest BCUT2D eigenvalue weighted by Gasteiger charge is -2.38. The van der Waals surface area contributed by atoms with Gasteiger partial charge >= 0.3 is 6.09 Å². The highest BCUT2D eigenvalue weighted by Crippen LogP contribution is 2.48. The van der Waals surface area contributed by atoms with Gasteiger partial charge in [-0.3, -0.25) is 14.6 Å². The summed E-state index contributed by atoms with van der Waals surface area (Å²) in [4.78, 5) is 46.9. The highest BCUT2D eigenvalue weighted by Gasteiger charge is 2.52. The van der Waals surface area contributed by atoms with E-state index in [0.717, 1.165) is 36.9 Å². The number of nitrogens with one attached hydrogen (secondary N) is 1. The monoisotopic (exact) mass is 538 g/mol. The second kappa shape index (κ2) is 10.9. The van der Waals surface area contributed by atoms with Crippen LogP contribution in [0.25, 0.3) is 0 Å². The Morgan fingerprint density at radius 2 is 1.87 bits per heavy atom. The highest BCUT2D eigenvalue weighted by molar-refractivity contribution is 6.30. The third-order valence-corrected chi connectivity index (χ3v) is 8.64. The molecule has 1 N–H and O–H groups in total. The molecule has 1 aromatic heterocycles. The summed E-state index contributed by atoms with van der Waals surface area (Å²) in [5.41, 5.74) is 2.68. The Hall–Kier alpha value is -3.13. The largest absolute Gasteiger partial charge is 0.450 e. The summed E-state index contributed by atoms with van der Waals surface area (Å²) in [6, 6.07) is 9.87. The third-order valence-electron chi connectivity index (χ3n) is 8.43. The highest BCUT2D eigenvalue weighted by atomic mass is 35.5. The van der Waals surface area contributed by atoms with Crippen molar-refractivity contribution in [2.24, 2.45) is 5.92 Å². The predicted molar refractivity (Wildman–Crippen MR) is 145 cm³/mol. The van der Waals surface area contributed by atoms with Gasteiger partial charge in [0.05, 0.1) is 28.3 Å². The zero-order chi connectivity index (χ0) is 26.9. The van der Waals surface area contributed by atoms with E-state index in [4.69, 9.17) is 16.3 Å². The minimum absolute atomic E-state index is 0.0947. The van der Waals surface area contributed by atoms with Crippen molar-refractivity contribution in [1.29, 1.82) is 0 Å². The predicted octanol–water partition coefficient (Wildman–Crippen LogP) is 4.87. The van der Waals surface area contributed by atoms with Gasteiger partial charge in [-0.2, -0.15) is 0 Å². The van der Waals surface area contributed by atoms with E-state index in [0.29, 0.717) is 61.3 Å². The Bertz CT molecular complexity index is 1220. The number of likely N-dealkylation sites (tertiary alicyclic amines) is 1. The molecule has 38 heavy (non-hydrogen) atoms. The van der Waals surface area contributed by atoms with Gasteiger partial charge in [0.2, 0.25) is 5.91 Å². The normalized spacial score (nSPS) is 22.3. The molecule has 2 fully saturated rings. The summed E-state index contributed by atoms with van der Waals surface area (Å²) in [5, 5.41) is 3.60.